The number of imide groups is 1. The van der Waals surface area contributed by atoms with Gasteiger partial charge in [0.1, 0.15) is 17.1 Å². The first-order valence-corrected chi connectivity index (χ1v) is 9.93. The minimum absolute atomic E-state index is 0.177. The molecule has 0 spiro atoms. The third-order valence-electron chi connectivity index (χ3n) is 4.92. The fraction of sp³-hybridized carbons (Fsp3) is 0.300. The summed E-state index contributed by atoms with van der Waals surface area (Å²) in [6.07, 6.45) is 0. The van der Waals surface area contributed by atoms with Gasteiger partial charge >= 0.3 is 6.03 Å². The molecular weight excluding hydrogens is 392 g/mol. The highest BCUT2D eigenvalue weighted by Crippen LogP contribution is 2.30. The molecule has 1 aliphatic rings. The van der Waals surface area contributed by atoms with Crippen LogP contribution in [-0.4, -0.2) is 35.2 Å². The predicted molar refractivity (Wildman–Crippen MR) is 110 cm³/mol. The van der Waals surface area contributed by atoms with Crippen molar-refractivity contribution in [1.82, 2.24) is 10.2 Å². The van der Waals surface area contributed by atoms with Crippen LogP contribution in [0.5, 0.6) is 0 Å². The number of nitrogens with one attached hydrogen (secondary N) is 2. The molecule has 1 aromatic heterocycles. The maximum Gasteiger partial charge on any atom is 0.325 e. The maximum atomic E-state index is 13.0. The van der Waals surface area contributed by atoms with Crippen molar-refractivity contribution in [3.63, 3.8) is 0 Å². The zero-order chi connectivity index (χ0) is 21.3. The Labute approximate surface area is 172 Å². The van der Waals surface area contributed by atoms with Gasteiger partial charge in [-0.25, -0.2) is 4.79 Å². The zero-order valence-electron chi connectivity index (χ0n) is 16.3. The number of carbonyl (C=O) groups is 4. The van der Waals surface area contributed by atoms with Crippen LogP contribution in [0.25, 0.3) is 0 Å². The van der Waals surface area contributed by atoms with Crippen molar-refractivity contribution in [1.29, 1.82) is 0 Å². The number of primary amides is 1. The molecule has 0 radical (unpaired) electrons. The summed E-state index contributed by atoms with van der Waals surface area (Å²) < 4.78 is 0. The number of anilines is 1. The zero-order valence-corrected chi connectivity index (χ0v) is 17.1. The van der Waals surface area contributed by atoms with Crippen molar-refractivity contribution in [3.05, 3.63) is 52.4 Å². The van der Waals surface area contributed by atoms with Crippen molar-refractivity contribution < 1.29 is 19.2 Å². The molecule has 8 nitrogen and oxygen atoms in total. The highest BCUT2D eigenvalue weighted by atomic mass is 32.1. The summed E-state index contributed by atoms with van der Waals surface area (Å²) in [7, 11) is 0. The van der Waals surface area contributed by atoms with Crippen molar-refractivity contribution in [2.24, 2.45) is 5.73 Å². The van der Waals surface area contributed by atoms with Crippen LogP contribution < -0.4 is 16.4 Å². The summed E-state index contributed by atoms with van der Waals surface area (Å²) in [5.74, 6) is -1.45. The van der Waals surface area contributed by atoms with Gasteiger partial charge in [-0.05, 0) is 35.4 Å². The highest BCUT2D eigenvalue weighted by molar-refractivity contribution is 7.14. The monoisotopic (exact) mass is 414 g/mol. The molecule has 1 aromatic carbocycles. The Morgan fingerprint density at radius 2 is 1.86 bits per heavy atom. The van der Waals surface area contributed by atoms with Gasteiger partial charge in [-0.15, -0.1) is 11.3 Å². The molecule has 5 amide bonds. The van der Waals surface area contributed by atoms with Crippen molar-refractivity contribution in [3.8, 4) is 0 Å². The van der Waals surface area contributed by atoms with Crippen LogP contribution >= 0.6 is 11.3 Å². The lowest BCUT2D eigenvalue weighted by Crippen LogP contribution is -2.42. The minimum atomic E-state index is -1.26. The van der Waals surface area contributed by atoms with Gasteiger partial charge in [-0.2, -0.15) is 0 Å². The van der Waals surface area contributed by atoms with E-state index in [-0.39, 0.29) is 10.6 Å². The summed E-state index contributed by atoms with van der Waals surface area (Å²) in [5, 5.41) is 7.10. The van der Waals surface area contributed by atoms with Crippen LogP contribution in [0.15, 0.2) is 35.7 Å². The van der Waals surface area contributed by atoms with Crippen molar-refractivity contribution >= 4 is 40.1 Å². The van der Waals surface area contributed by atoms with E-state index in [0.717, 1.165) is 21.8 Å². The SMILES string of the molecule is CC(C)c1ccc([C@]2(C)NC(=O)N(CC(=O)Nc3sccc3C(N)=O)C2=O)cc1. The van der Waals surface area contributed by atoms with Gasteiger partial charge in [0.05, 0.1) is 5.56 Å². The quantitative estimate of drug-likeness (QED) is 0.628. The molecular formula is C20H22N4O4S. The number of rotatable bonds is 6. The van der Waals surface area contributed by atoms with E-state index in [0.29, 0.717) is 11.5 Å². The number of thiophene rings is 1. The molecule has 1 saturated heterocycles. The summed E-state index contributed by atoms with van der Waals surface area (Å²) in [4.78, 5) is 50.0. The molecule has 2 aromatic rings. The molecule has 4 N–H and O–H groups in total. The standard InChI is InChI=1S/C20H22N4O4S/c1-11(2)12-4-6-13(7-5-12)20(3)18(27)24(19(28)23-20)10-15(25)22-17-14(16(21)26)8-9-29-17/h4-9,11H,10H2,1-3H3,(H2,21,26)(H,22,25)(H,23,28)/t20-/m0/s1. The van der Waals surface area contributed by atoms with Gasteiger partial charge < -0.3 is 16.4 Å². The van der Waals surface area contributed by atoms with E-state index in [1.807, 2.05) is 24.3 Å². The number of amides is 5. The molecule has 0 unspecified atom stereocenters. The Kier molecular flexibility index (Phi) is 5.43. The van der Waals surface area contributed by atoms with Crippen LogP contribution in [0, 0.1) is 0 Å². The first-order chi connectivity index (χ1) is 13.6. The fourth-order valence-electron chi connectivity index (χ4n) is 3.15. The molecule has 1 atom stereocenters. The van der Waals surface area contributed by atoms with Gasteiger partial charge in [-0.3, -0.25) is 19.3 Å². The number of hydrogen-bond donors (Lipinski definition) is 3. The van der Waals surface area contributed by atoms with Gasteiger partial charge in [0.2, 0.25) is 5.91 Å². The lowest BCUT2D eigenvalue weighted by atomic mass is 9.90. The summed E-state index contributed by atoms with van der Waals surface area (Å²) in [6.45, 7) is 5.27. The lowest BCUT2D eigenvalue weighted by Gasteiger charge is -2.22. The number of nitrogens with zero attached hydrogens (tertiary/aromatic N) is 1. The summed E-state index contributed by atoms with van der Waals surface area (Å²) in [5.41, 5.74) is 5.93. The minimum Gasteiger partial charge on any atom is -0.366 e. The third-order valence-corrected chi connectivity index (χ3v) is 5.74. The van der Waals surface area contributed by atoms with E-state index in [4.69, 9.17) is 5.73 Å². The molecule has 0 bridgehead atoms. The number of hydrogen-bond acceptors (Lipinski definition) is 5. The molecule has 1 fully saturated rings. The number of nitrogens with two attached hydrogens (primary N) is 1. The van der Waals surface area contributed by atoms with Gasteiger partial charge in [-0.1, -0.05) is 38.1 Å². The predicted octanol–water partition coefficient (Wildman–Crippen LogP) is 2.38. The van der Waals surface area contributed by atoms with Crippen LogP contribution in [0.4, 0.5) is 9.80 Å². The second-order valence-corrected chi connectivity index (χ2v) is 8.22. The van der Waals surface area contributed by atoms with E-state index >= 15 is 0 Å². The first-order valence-electron chi connectivity index (χ1n) is 9.05. The van der Waals surface area contributed by atoms with Crippen molar-refractivity contribution in [2.45, 2.75) is 32.2 Å². The Bertz CT molecular complexity index is 983. The van der Waals surface area contributed by atoms with Crippen LogP contribution in [0.1, 0.15) is 48.2 Å². The van der Waals surface area contributed by atoms with Crippen LogP contribution in [0.2, 0.25) is 0 Å². The summed E-state index contributed by atoms with van der Waals surface area (Å²) >= 11 is 1.13. The molecule has 29 heavy (non-hydrogen) atoms. The van der Waals surface area contributed by atoms with Crippen LogP contribution in [-0.2, 0) is 15.1 Å². The summed E-state index contributed by atoms with van der Waals surface area (Å²) in [6, 6.07) is 8.30. The van der Waals surface area contributed by atoms with Gasteiger partial charge in [0.15, 0.2) is 0 Å². The van der Waals surface area contributed by atoms with Crippen molar-refractivity contribution in [2.75, 3.05) is 11.9 Å². The Morgan fingerprint density at radius 1 is 1.21 bits per heavy atom. The highest BCUT2D eigenvalue weighted by Gasteiger charge is 2.49. The van der Waals surface area contributed by atoms with E-state index in [2.05, 4.69) is 24.5 Å². The number of carbonyl (C=O) groups excluding carboxylic acids is 4. The molecule has 0 aliphatic carbocycles. The first kappa shape index (κ1) is 20.5. The Morgan fingerprint density at radius 3 is 2.45 bits per heavy atom. The van der Waals surface area contributed by atoms with Gasteiger partial charge in [0, 0.05) is 0 Å². The molecule has 1 aliphatic heterocycles. The molecule has 9 heteroatoms. The average molecular weight is 414 g/mol. The van der Waals surface area contributed by atoms with E-state index in [1.165, 1.54) is 6.07 Å². The number of urea groups is 1. The topological polar surface area (TPSA) is 122 Å². The Balaban J connectivity index is 1.75. The molecule has 152 valence electrons. The average Bonchev–Trinajstić information content (AvgIpc) is 3.21. The Hall–Kier alpha value is -3.20. The van der Waals surface area contributed by atoms with Gasteiger partial charge in [0.25, 0.3) is 11.8 Å². The largest absolute Gasteiger partial charge is 0.366 e. The smallest absolute Gasteiger partial charge is 0.325 e. The molecule has 0 saturated carbocycles. The lowest BCUT2D eigenvalue weighted by molar-refractivity contribution is -0.133. The van der Waals surface area contributed by atoms with E-state index in [1.54, 1.807) is 12.3 Å². The van der Waals surface area contributed by atoms with Crippen LogP contribution in [0.3, 0.4) is 0 Å². The normalized spacial score (nSPS) is 18.8. The molecule has 3 rings (SSSR count). The van der Waals surface area contributed by atoms with E-state index < -0.39 is 35.8 Å². The fourth-order valence-corrected chi connectivity index (χ4v) is 3.96. The third kappa shape index (κ3) is 3.86. The maximum absolute atomic E-state index is 13.0. The van der Waals surface area contributed by atoms with E-state index in [9.17, 15) is 19.2 Å². The number of benzene rings is 1. The molecule has 2 heterocycles. The second kappa shape index (κ2) is 7.67. The second-order valence-electron chi connectivity index (χ2n) is 7.30.